The molecule has 118 valence electrons. The summed E-state index contributed by atoms with van der Waals surface area (Å²) in [5, 5.41) is 10.1. The molecule has 0 amide bonds. The number of benzene rings is 3. The van der Waals surface area contributed by atoms with Gasteiger partial charge in [0.05, 0.1) is 17.0 Å². The number of hydrogen-bond acceptors (Lipinski definition) is 2. The fourth-order valence-electron chi connectivity index (χ4n) is 2.43. The standard InChI is InChI=1S/C20H14ClNO2/c21-15-9-6-10-16(13-15)22-19(14-7-2-1-3-8-14)17-11-4-5-12-18(17)20(23)24/h1-13H,(H,23,24). The SMILES string of the molecule is O=C(O)c1ccccc1C(=Nc1cccc(Cl)c1)c1ccccc1. The van der Waals surface area contributed by atoms with Crippen molar-refractivity contribution in [3.63, 3.8) is 0 Å². The van der Waals surface area contributed by atoms with E-state index in [0.717, 1.165) is 5.56 Å². The molecule has 0 spiro atoms. The van der Waals surface area contributed by atoms with E-state index in [1.165, 1.54) is 0 Å². The first kappa shape index (κ1) is 16.0. The molecule has 3 rings (SSSR count). The van der Waals surface area contributed by atoms with Gasteiger partial charge in [-0.2, -0.15) is 0 Å². The van der Waals surface area contributed by atoms with Crippen molar-refractivity contribution in [2.45, 2.75) is 0 Å². The van der Waals surface area contributed by atoms with Crippen LogP contribution in [0.3, 0.4) is 0 Å². The molecule has 0 saturated carbocycles. The number of hydrogen-bond donors (Lipinski definition) is 1. The molecule has 0 unspecified atom stereocenters. The van der Waals surface area contributed by atoms with Gasteiger partial charge in [0.15, 0.2) is 0 Å². The summed E-state index contributed by atoms with van der Waals surface area (Å²) in [5.41, 5.74) is 2.88. The molecule has 3 aromatic rings. The number of rotatable bonds is 4. The fraction of sp³-hybridized carbons (Fsp3) is 0. The van der Waals surface area contributed by atoms with Crippen LogP contribution in [0.2, 0.25) is 5.02 Å². The van der Waals surface area contributed by atoms with E-state index in [2.05, 4.69) is 4.99 Å². The second-order valence-electron chi connectivity index (χ2n) is 5.16. The molecular weight excluding hydrogens is 322 g/mol. The summed E-state index contributed by atoms with van der Waals surface area (Å²) >= 11 is 6.04. The highest BCUT2D eigenvalue weighted by atomic mass is 35.5. The van der Waals surface area contributed by atoms with Gasteiger partial charge in [0.25, 0.3) is 0 Å². The summed E-state index contributed by atoms with van der Waals surface area (Å²) in [6.07, 6.45) is 0. The molecule has 0 radical (unpaired) electrons. The zero-order chi connectivity index (χ0) is 16.9. The number of nitrogens with zero attached hydrogens (tertiary/aromatic N) is 1. The van der Waals surface area contributed by atoms with Crippen LogP contribution < -0.4 is 0 Å². The first-order chi connectivity index (χ1) is 11.6. The summed E-state index contributed by atoms with van der Waals surface area (Å²) in [4.78, 5) is 16.3. The van der Waals surface area contributed by atoms with Crippen molar-refractivity contribution in [3.05, 3.63) is 101 Å². The first-order valence-electron chi connectivity index (χ1n) is 7.37. The van der Waals surface area contributed by atoms with Crippen LogP contribution in [0, 0.1) is 0 Å². The Balaban J connectivity index is 2.23. The Morgan fingerprint density at radius 3 is 2.17 bits per heavy atom. The summed E-state index contributed by atoms with van der Waals surface area (Å²) in [6, 6.07) is 23.5. The minimum atomic E-state index is -0.986. The van der Waals surface area contributed by atoms with E-state index < -0.39 is 5.97 Å². The zero-order valence-corrected chi connectivity index (χ0v) is 13.4. The second-order valence-corrected chi connectivity index (χ2v) is 5.59. The molecular formula is C20H14ClNO2. The third kappa shape index (κ3) is 3.53. The van der Waals surface area contributed by atoms with Gasteiger partial charge in [-0.1, -0.05) is 66.2 Å². The van der Waals surface area contributed by atoms with Crippen LogP contribution in [0.1, 0.15) is 21.5 Å². The summed E-state index contributed by atoms with van der Waals surface area (Å²) in [6.45, 7) is 0. The van der Waals surface area contributed by atoms with Gasteiger partial charge < -0.3 is 5.11 Å². The molecule has 0 aliphatic heterocycles. The van der Waals surface area contributed by atoms with Crippen molar-refractivity contribution in [1.29, 1.82) is 0 Å². The Kier molecular flexibility index (Phi) is 4.73. The third-order valence-electron chi connectivity index (χ3n) is 3.51. The molecule has 0 aromatic heterocycles. The van der Waals surface area contributed by atoms with Gasteiger partial charge in [0.2, 0.25) is 0 Å². The maximum Gasteiger partial charge on any atom is 0.336 e. The van der Waals surface area contributed by atoms with Gasteiger partial charge in [-0.25, -0.2) is 9.79 Å². The lowest BCUT2D eigenvalue weighted by molar-refractivity contribution is 0.0696. The van der Waals surface area contributed by atoms with Crippen molar-refractivity contribution >= 4 is 29.0 Å². The smallest absolute Gasteiger partial charge is 0.336 e. The van der Waals surface area contributed by atoms with E-state index in [1.54, 1.807) is 36.4 Å². The molecule has 3 nitrogen and oxygen atoms in total. The van der Waals surface area contributed by atoms with Crippen molar-refractivity contribution in [1.82, 2.24) is 0 Å². The molecule has 0 atom stereocenters. The van der Waals surface area contributed by atoms with Gasteiger partial charge in [-0.05, 0) is 24.3 Å². The first-order valence-corrected chi connectivity index (χ1v) is 7.75. The van der Waals surface area contributed by atoms with Gasteiger partial charge >= 0.3 is 5.97 Å². The van der Waals surface area contributed by atoms with E-state index in [0.29, 0.717) is 22.0 Å². The maximum atomic E-state index is 11.6. The van der Waals surface area contributed by atoms with E-state index in [-0.39, 0.29) is 5.56 Å². The van der Waals surface area contributed by atoms with Crippen LogP contribution in [0.25, 0.3) is 0 Å². The Morgan fingerprint density at radius 2 is 1.50 bits per heavy atom. The van der Waals surface area contributed by atoms with Gasteiger partial charge in [0, 0.05) is 16.1 Å². The van der Waals surface area contributed by atoms with Gasteiger partial charge in [-0.3, -0.25) is 0 Å². The highest BCUT2D eigenvalue weighted by Gasteiger charge is 2.16. The Morgan fingerprint density at radius 1 is 0.833 bits per heavy atom. The normalized spacial score (nSPS) is 11.3. The van der Waals surface area contributed by atoms with Crippen LogP contribution in [-0.4, -0.2) is 16.8 Å². The summed E-state index contributed by atoms with van der Waals surface area (Å²) < 4.78 is 0. The Hall–Kier alpha value is -2.91. The minimum Gasteiger partial charge on any atom is -0.478 e. The average molecular weight is 336 g/mol. The van der Waals surface area contributed by atoms with Gasteiger partial charge in [0.1, 0.15) is 0 Å². The zero-order valence-electron chi connectivity index (χ0n) is 12.7. The van der Waals surface area contributed by atoms with Crippen molar-refractivity contribution < 1.29 is 9.90 Å². The Bertz CT molecular complexity index is 904. The predicted octanol–water partition coefficient (Wildman–Crippen LogP) is 5.21. The lowest BCUT2D eigenvalue weighted by atomic mass is 9.97. The number of carbonyl (C=O) groups is 1. The summed E-state index contributed by atoms with van der Waals surface area (Å²) in [5.74, 6) is -0.986. The number of carboxylic acid groups (broad SMARTS) is 1. The molecule has 3 aromatic carbocycles. The number of halogens is 1. The van der Waals surface area contributed by atoms with E-state index in [9.17, 15) is 9.90 Å². The van der Waals surface area contributed by atoms with Crippen LogP contribution in [-0.2, 0) is 0 Å². The summed E-state index contributed by atoms with van der Waals surface area (Å²) in [7, 11) is 0. The van der Waals surface area contributed by atoms with E-state index in [1.807, 2.05) is 42.5 Å². The van der Waals surface area contributed by atoms with Crippen molar-refractivity contribution in [3.8, 4) is 0 Å². The number of aromatic carboxylic acids is 1. The second kappa shape index (κ2) is 7.11. The number of aliphatic imine (C=N–C) groups is 1. The number of carboxylic acids is 1. The van der Waals surface area contributed by atoms with Crippen LogP contribution in [0.15, 0.2) is 83.9 Å². The molecule has 1 N–H and O–H groups in total. The molecule has 0 saturated heterocycles. The highest BCUT2D eigenvalue weighted by Crippen LogP contribution is 2.23. The third-order valence-corrected chi connectivity index (χ3v) is 3.74. The van der Waals surface area contributed by atoms with E-state index in [4.69, 9.17) is 11.6 Å². The highest BCUT2D eigenvalue weighted by molar-refractivity contribution is 6.30. The largest absolute Gasteiger partial charge is 0.478 e. The predicted molar refractivity (Wildman–Crippen MR) is 96.6 cm³/mol. The molecule has 0 heterocycles. The van der Waals surface area contributed by atoms with Gasteiger partial charge in [-0.15, -0.1) is 0 Å². The maximum absolute atomic E-state index is 11.6. The molecule has 0 aliphatic carbocycles. The van der Waals surface area contributed by atoms with E-state index >= 15 is 0 Å². The quantitative estimate of drug-likeness (QED) is 0.665. The molecule has 24 heavy (non-hydrogen) atoms. The van der Waals surface area contributed by atoms with Crippen molar-refractivity contribution in [2.24, 2.45) is 4.99 Å². The minimum absolute atomic E-state index is 0.210. The molecule has 4 heteroatoms. The van der Waals surface area contributed by atoms with Crippen molar-refractivity contribution in [2.75, 3.05) is 0 Å². The van der Waals surface area contributed by atoms with Crippen LogP contribution in [0.4, 0.5) is 5.69 Å². The molecule has 0 aliphatic rings. The average Bonchev–Trinajstić information content (AvgIpc) is 2.60. The Labute approximate surface area is 144 Å². The molecule has 0 bridgehead atoms. The van der Waals surface area contributed by atoms with Crippen LogP contribution >= 0.6 is 11.6 Å². The molecule has 0 fully saturated rings. The monoisotopic (exact) mass is 335 g/mol. The topological polar surface area (TPSA) is 49.7 Å². The lowest BCUT2D eigenvalue weighted by Gasteiger charge is -2.11. The fourth-order valence-corrected chi connectivity index (χ4v) is 2.61. The lowest BCUT2D eigenvalue weighted by Crippen LogP contribution is -2.10. The van der Waals surface area contributed by atoms with Crippen LogP contribution in [0.5, 0.6) is 0 Å².